The third kappa shape index (κ3) is 1.70. The van der Waals surface area contributed by atoms with Gasteiger partial charge in [-0.2, -0.15) is 0 Å². The summed E-state index contributed by atoms with van der Waals surface area (Å²) in [6, 6.07) is 3.71. The van der Waals surface area contributed by atoms with Gasteiger partial charge in [0.15, 0.2) is 0 Å². The first-order chi connectivity index (χ1) is 8.06. The van der Waals surface area contributed by atoms with Gasteiger partial charge in [0.2, 0.25) is 0 Å². The lowest BCUT2D eigenvalue weighted by Gasteiger charge is -2.29. The van der Waals surface area contributed by atoms with Gasteiger partial charge in [-0.15, -0.1) is 0 Å². The third-order valence-corrected chi connectivity index (χ3v) is 4.19. The summed E-state index contributed by atoms with van der Waals surface area (Å²) < 4.78 is 16.8. The van der Waals surface area contributed by atoms with E-state index in [1.54, 1.807) is 12.1 Å². The molecule has 1 aromatic carbocycles. The van der Waals surface area contributed by atoms with Crippen molar-refractivity contribution in [2.24, 2.45) is 0 Å². The minimum Gasteiger partial charge on any atom is -0.344 e. The van der Waals surface area contributed by atoms with Crippen LogP contribution >= 0.6 is 15.9 Å². The number of likely N-dealkylation sites (N-methyl/N-ethyl adjacent to an activating group) is 1. The highest BCUT2D eigenvalue weighted by Gasteiger charge is 2.24. The first kappa shape index (κ1) is 11.2. The van der Waals surface area contributed by atoms with Gasteiger partial charge in [0.05, 0.1) is 5.52 Å². The van der Waals surface area contributed by atoms with Crippen LogP contribution in [-0.2, 0) is 13.0 Å². The molecule has 0 aliphatic carbocycles. The van der Waals surface area contributed by atoms with E-state index in [0.717, 1.165) is 28.4 Å². The number of nitrogens with zero attached hydrogens (tertiary/aromatic N) is 2. The Morgan fingerprint density at radius 1 is 1.41 bits per heavy atom. The van der Waals surface area contributed by atoms with Crippen LogP contribution in [0.5, 0.6) is 0 Å². The molecule has 1 atom stereocenters. The van der Waals surface area contributed by atoms with Gasteiger partial charge < -0.3 is 9.47 Å². The molecule has 0 spiro atoms. The Labute approximate surface area is 108 Å². The van der Waals surface area contributed by atoms with E-state index in [-0.39, 0.29) is 5.82 Å². The first-order valence-corrected chi connectivity index (χ1v) is 6.49. The van der Waals surface area contributed by atoms with E-state index in [1.165, 1.54) is 5.52 Å². The molecule has 2 nitrogen and oxygen atoms in total. The zero-order valence-corrected chi connectivity index (χ0v) is 11.5. The number of benzene rings is 1. The molecule has 0 saturated heterocycles. The van der Waals surface area contributed by atoms with Crippen LogP contribution in [-0.4, -0.2) is 29.6 Å². The Morgan fingerprint density at radius 3 is 2.88 bits per heavy atom. The monoisotopic (exact) mass is 296 g/mol. The van der Waals surface area contributed by atoms with Crippen molar-refractivity contribution in [1.29, 1.82) is 0 Å². The minimum atomic E-state index is -0.148. The first-order valence-electron chi connectivity index (χ1n) is 5.69. The van der Waals surface area contributed by atoms with Crippen molar-refractivity contribution in [3.63, 3.8) is 0 Å². The summed E-state index contributed by atoms with van der Waals surface area (Å²) >= 11 is 3.51. The number of aromatic nitrogens is 1. The number of hydrogen-bond acceptors (Lipinski definition) is 1. The van der Waals surface area contributed by atoms with Crippen molar-refractivity contribution >= 4 is 26.8 Å². The number of halogens is 2. The summed E-state index contributed by atoms with van der Waals surface area (Å²) in [6.07, 6.45) is 2.97. The molecule has 3 rings (SSSR count). The zero-order chi connectivity index (χ0) is 12.2. The van der Waals surface area contributed by atoms with Gasteiger partial charge >= 0.3 is 0 Å². The van der Waals surface area contributed by atoms with Crippen LogP contribution in [0, 0.1) is 5.82 Å². The van der Waals surface area contributed by atoms with E-state index < -0.39 is 0 Å². The minimum absolute atomic E-state index is 0.148. The Morgan fingerprint density at radius 2 is 2.18 bits per heavy atom. The van der Waals surface area contributed by atoms with Crippen LogP contribution in [0.4, 0.5) is 4.39 Å². The Kier molecular flexibility index (Phi) is 2.52. The van der Waals surface area contributed by atoms with Crippen LogP contribution in [0.15, 0.2) is 22.8 Å². The predicted molar refractivity (Wildman–Crippen MR) is 70.8 cm³/mol. The van der Waals surface area contributed by atoms with Crippen LogP contribution in [0.1, 0.15) is 5.56 Å². The summed E-state index contributed by atoms with van der Waals surface area (Å²) in [4.78, 5) is 2.20. The van der Waals surface area contributed by atoms with E-state index in [9.17, 15) is 4.39 Å². The van der Waals surface area contributed by atoms with Gasteiger partial charge in [0.1, 0.15) is 5.82 Å². The fourth-order valence-corrected chi connectivity index (χ4v) is 3.19. The molecular weight excluding hydrogens is 283 g/mol. The SMILES string of the molecule is CN(C)[C@@H]1Cc2cc(F)cc3c(Br)cn(c23)C1. The van der Waals surface area contributed by atoms with Crippen LogP contribution in [0.2, 0.25) is 0 Å². The largest absolute Gasteiger partial charge is 0.344 e. The molecule has 4 heteroatoms. The molecule has 2 aromatic rings. The third-order valence-electron chi connectivity index (χ3n) is 3.56. The van der Waals surface area contributed by atoms with Crippen molar-refractivity contribution in [2.45, 2.75) is 19.0 Å². The van der Waals surface area contributed by atoms with Crippen molar-refractivity contribution in [2.75, 3.05) is 14.1 Å². The normalized spacial score (nSPS) is 19.2. The van der Waals surface area contributed by atoms with Crippen molar-refractivity contribution < 1.29 is 4.39 Å². The molecule has 0 bridgehead atoms. The molecule has 0 unspecified atom stereocenters. The highest BCUT2D eigenvalue weighted by atomic mass is 79.9. The molecule has 1 aromatic heterocycles. The van der Waals surface area contributed by atoms with Gasteiger partial charge in [0, 0.05) is 28.6 Å². The fourth-order valence-electron chi connectivity index (χ4n) is 2.64. The van der Waals surface area contributed by atoms with Gasteiger partial charge in [-0.05, 0) is 54.1 Å². The van der Waals surface area contributed by atoms with Crippen molar-refractivity contribution in [3.05, 3.63) is 34.2 Å². The van der Waals surface area contributed by atoms with Gasteiger partial charge in [-0.25, -0.2) is 4.39 Å². The second-order valence-electron chi connectivity index (χ2n) is 4.91. The van der Waals surface area contributed by atoms with E-state index in [2.05, 4.69) is 45.7 Å². The van der Waals surface area contributed by atoms with E-state index in [4.69, 9.17) is 0 Å². The van der Waals surface area contributed by atoms with Crippen LogP contribution in [0.25, 0.3) is 10.9 Å². The summed E-state index contributed by atoms with van der Waals surface area (Å²) in [5.74, 6) is -0.148. The molecule has 2 heterocycles. The Hall–Kier alpha value is -0.870. The lowest BCUT2D eigenvalue weighted by molar-refractivity contribution is 0.258. The summed E-state index contributed by atoms with van der Waals surface area (Å²) in [5.41, 5.74) is 2.28. The number of hydrogen-bond donors (Lipinski definition) is 0. The molecule has 0 N–H and O–H groups in total. The van der Waals surface area contributed by atoms with Crippen molar-refractivity contribution in [3.8, 4) is 0 Å². The molecule has 90 valence electrons. The molecule has 1 aliphatic rings. The Bertz CT molecular complexity index is 589. The molecule has 1 aliphatic heterocycles. The highest BCUT2D eigenvalue weighted by Crippen LogP contribution is 2.33. The molecule has 17 heavy (non-hydrogen) atoms. The topological polar surface area (TPSA) is 8.17 Å². The summed E-state index contributed by atoms with van der Waals surface area (Å²) in [5, 5.41) is 0.984. The molecular formula is C13H14BrFN2. The average molecular weight is 297 g/mol. The maximum atomic E-state index is 13.6. The maximum absolute atomic E-state index is 13.6. The molecule has 0 fully saturated rings. The molecule has 0 radical (unpaired) electrons. The van der Waals surface area contributed by atoms with Gasteiger partial charge in [0.25, 0.3) is 0 Å². The van der Waals surface area contributed by atoms with Crippen LogP contribution < -0.4 is 0 Å². The Balaban J connectivity index is 2.23. The lowest BCUT2D eigenvalue weighted by atomic mass is 9.99. The van der Waals surface area contributed by atoms with E-state index in [0.29, 0.717) is 6.04 Å². The average Bonchev–Trinajstić information content (AvgIpc) is 2.56. The smallest absolute Gasteiger partial charge is 0.124 e. The van der Waals surface area contributed by atoms with Gasteiger partial charge in [-0.1, -0.05) is 0 Å². The summed E-state index contributed by atoms with van der Waals surface area (Å²) in [7, 11) is 4.15. The van der Waals surface area contributed by atoms with E-state index >= 15 is 0 Å². The standard InChI is InChI=1S/C13H14BrFN2/c1-16(2)10-4-8-3-9(15)5-11-12(14)7-17(6-10)13(8)11/h3,5,7,10H,4,6H2,1-2H3/t10-/m1/s1. The number of rotatable bonds is 1. The molecule has 0 saturated carbocycles. The lowest BCUT2D eigenvalue weighted by Crippen LogP contribution is -2.36. The summed E-state index contributed by atoms with van der Waals surface area (Å²) in [6.45, 7) is 0.966. The second-order valence-corrected chi connectivity index (χ2v) is 5.77. The molecule has 0 amide bonds. The zero-order valence-electron chi connectivity index (χ0n) is 9.87. The van der Waals surface area contributed by atoms with Gasteiger partial charge in [-0.3, -0.25) is 0 Å². The predicted octanol–water partition coefficient (Wildman–Crippen LogP) is 3.03. The quantitative estimate of drug-likeness (QED) is 0.785. The maximum Gasteiger partial charge on any atom is 0.124 e. The fraction of sp³-hybridized carbons (Fsp3) is 0.385. The van der Waals surface area contributed by atoms with Crippen LogP contribution in [0.3, 0.4) is 0 Å². The van der Waals surface area contributed by atoms with E-state index in [1.807, 2.05) is 0 Å². The van der Waals surface area contributed by atoms with Crippen molar-refractivity contribution in [1.82, 2.24) is 9.47 Å². The highest BCUT2D eigenvalue weighted by molar-refractivity contribution is 9.10. The second kappa shape index (κ2) is 3.82.